The first kappa shape index (κ1) is 24.9. The summed E-state index contributed by atoms with van der Waals surface area (Å²) in [6.07, 6.45) is -7.00. The number of aromatic nitrogens is 4. The van der Waals surface area contributed by atoms with Crippen molar-refractivity contribution in [2.45, 2.75) is 42.9 Å². The lowest BCUT2D eigenvalue weighted by Crippen LogP contribution is -2.44. The van der Waals surface area contributed by atoms with Gasteiger partial charge in [-0.2, -0.15) is 0 Å². The van der Waals surface area contributed by atoms with Gasteiger partial charge < -0.3 is 50.6 Å². The fourth-order valence-corrected chi connectivity index (χ4v) is 2.76. The normalized spacial score (nSPS) is 26.2. The molecule has 0 bridgehead atoms. The summed E-state index contributed by atoms with van der Waals surface area (Å²) in [7, 11) is 0. The predicted octanol–water partition coefficient (Wildman–Crippen LogP) is -5.65. The number of hydrogen-bond acceptors (Lipinski definition) is 13. The number of aliphatic hydroxyl groups is 8. The molecule has 0 spiro atoms. The average molecular weight is 448 g/mol. The molecule has 174 valence electrons. The van der Waals surface area contributed by atoms with Crippen LogP contribution in [0, 0.1) is 0 Å². The Hall–Kier alpha value is -2.34. The van der Waals surface area contributed by atoms with E-state index in [4.69, 9.17) is 35.4 Å². The number of ether oxygens (including phenoxy) is 1. The molecule has 9 N–H and O–H groups in total. The number of carbonyl (C=O) groups excluding carboxylic acids is 1. The van der Waals surface area contributed by atoms with Crippen molar-refractivity contribution in [2.75, 3.05) is 19.8 Å². The molecule has 15 nitrogen and oxygen atoms in total. The average Bonchev–Trinajstić information content (AvgIpc) is 3.33. The second-order valence-electron chi connectivity index (χ2n) is 6.59. The minimum atomic E-state index is -1.86. The summed E-state index contributed by atoms with van der Waals surface area (Å²) in [6.45, 7) is -2.11. The van der Waals surface area contributed by atoms with Gasteiger partial charge in [0.05, 0.1) is 25.9 Å². The van der Waals surface area contributed by atoms with Crippen LogP contribution in [0.4, 0.5) is 0 Å². The van der Waals surface area contributed by atoms with Crippen LogP contribution in [0.5, 0.6) is 0 Å². The van der Waals surface area contributed by atoms with Crippen LogP contribution in [0.1, 0.15) is 6.23 Å². The van der Waals surface area contributed by atoms with Crippen LogP contribution in [0.25, 0.3) is 11.2 Å². The molecule has 1 saturated heterocycles. The molecule has 0 amide bonds. The van der Waals surface area contributed by atoms with E-state index in [1.54, 1.807) is 0 Å². The zero-order chi connectivity index (χ0) is 23.3. The zero-order valence-electron chi connectivity index (χ0n) is 16.0. The van der Waals surface area contributed by atoms with Crippen LogP contribution in [0.15, 0.2) is 17.4 Å². The first-order valence-corrected chi connectivity index (χ1v) is 8.99. The molecule has 31 heavy (non-hydrogen) atoms. The number of ketones is 1. The number of Topliss-reactive ketones (excluding diaryl/α,β-unsaturated/α-hetero) is 1. The van der Waals surface area contributed by atoms with E-state index in [0.29, 0.717) is 0 Å². The van der Waals surface area contributed by atoms with Crippen molar-refractivity contribution in [1.82, 2.24) is 19.5 Å². The molecule has 2 aromatic rings. The maximum Gasteiger partial charge on any atom is 0.278 e. The van der Waals surface area contributed by atoms with Gasteiger partial charge in [-0.1, -0.05) is 0 Å². The van der Waals surface area contributed by atoms with Gasteiger partial charge >= 0.3 is 0 Å². The van der Waals surface area contributed by atoms with E-state index >= 15 is 0 Å². The molecule has 3 unspecified atom stereocenters. The van der Waals surface area contributed by atoms with Crippen LogP contribution in [0.2, 0.25) is 0 Å². The standard InChI is InChI=1S/C10H12N4O5.C6H12O6/c15-1-4-6(16)7(17)10(19-4)14-3-13-5-8(14)11-2-12-9(5)18;7-1-3(9)5(11)6(12)4(10)2-8/h2-4,6-7,10,15-17H,1H2,(H,11,12,18);3,5-9,11-12H,1-2H2/t4-,6-,7-,10-;/m1./s1. The largest absolute Gasteiger partial charge is 0.394 e. The molecule has 3 heterocycles. The Morgan fingerprint density at radius 3 is 2.39 bits per heavy atom. The maximum absolute atomic E-state index is 11.5. The third kappa shape index (κ3) is 5.29. The van der Waals surface area contributed by atoms with Gasteiger partial charge in [0, 0.05) is 0 Å². The van der Waals surface area contributed by atoms with E-state index in [1.165, 1.54) is 17.2 Å². The molecule has 15 heteroatoms. The summed E-state index contributed by atoms with van der Waals surface area (Å²) < 4.78 is 6.70. The van der Waals surface area contributed by atoms with Crippen molar-refractivity contribution in [2.24, 2.45) is 0 Å². The van der Waals surface area contributed by atoms with Gasteiger partial charge in [-0.05, 0) is 0 Å². The fraction of sp³-hybridized carbons (Fsp3) is 0.625. The van der Waals surface area contributed by atoms with Crippen LogP contribution in [-0.4, -0.2) is 123 Å². The Bertz CT molecular complexity index is 918. The van der Waals surface area contributed by atoms with Gasteiger partial charge in [0.15, 0.2) is 23.2 Å². The number of nitrogens with zero attached hydrogens (tertiary/aromatic N) is 3. The maximum atomic E-state index is 11.5. The molecule has 0 radical (unpaired) electrons. The highest BCUT2D eigenvalue weighted by atomic mass is 16.6. The molecule has 0 aliphatic carbocycles. The first-order chi connectivity index (χ1) is 14.7. The lowest BCUT2D eigenvalue weighted by molar-refractivity contribution is -0.142. The van der Waals surface area contributed by atoms with Crippen molar-refractivity contribution in [1.29, 1.82) is 0 Å². The highest BCUT2D eigenvalue weighted by Crippen LogP contribution is 2.30. The van der Waals surface area contributed by atoms with Crippen molar-refractivity contribution in [3.63, 3.8) is 0 Å². The quantitative estimate of drug-likeness (QED) is 0.192. The van der Waals surface area contributed by atoms with Gasteiger partial charge in [0.25, 0.3) is 5.56 Å². The topological polar surface area (TPSA) is 252 Å². The number of nitrogens with one attached hydrogen (secondary N) is 1. The van der Waals surface area contributed by atoms with Crippen molar-refractivity contribution >= 4 is 16.9 Å². The minimum Gasteiger partial charge on any atom is -0.394 e. The van der Waals surface area contributed by atoms with Crippen molar-refractivity contribution in [3.05, 3.63) is 23.0 Å². The number of carbonyl (C=O) groups is 1. The van der Waals surface area contributed by atoms with Crippen molar-refractivity contribution < 1.29 is 50.4 Å². The number of imidazole rings is 1. The predicted molar refractivity (Wildman–Crippen MR) is 98.4 cm³/mol. The summed E-state index contributed by atoms with van der Waals surface area (Å²) in [4.78, 5) is 32.3. The molecule has 1 aliphatic rings. The highest BCUT2D eigenvalue weighted by molar-refractivity contribution is 5.84. The Balaban J connectivity index is 0.000000248. The van der Waals surface area contributed by atoms with Gasteiger partial charge in [0.2, 0.25) is 0 Å². The summed E-state index contributed by atoms with van der Waals surface area (Å²) >= 11 is 0. The SMILES string of the molecule is O=C(CO)C(O)C(O)C(O)CO.O=c1[nH]cnc2c1ncn2[C@@H]1O[C@H](CO)[C@@H](O)[C@H]1O. The summed E-state index contributed by atoms with van der Waals surface area (Å²) in [5, 5.41) is 71.7. The van der Waals surface area contributed by atoms with Gasteiger partial charge in [-0.15, -0.1) is 0 Å². The monoisotopic (exact) mass is 448 g/mol. The molecule has 3 rings (SSSR count). The number of H-pyrrole nitrogens is 1. The summed E-state index contributed by atoms with van der Waals surface area (Å²) in [6, 6.07) is 0. The molecule has 2 aromatic heterocycles. The fourth-order valence-electron chi connectivity index (χ4n) is 2.76. The van der Waals surface area contributed by atoms with Crippen LogP contribution in [0.3, 0.4) is 0 Å². The third-order valence-corrected chi connectivity index (χ3v) is 4.55. The third-order valence-electron chi connectivity index (χ3n) is 4.55. The van der Waals surface area contributed by atoms with E-state index in [2.05, 4.69) is 15.0 Å². The lowest BCUT2D eigenvalue weighted by Gasteiger charge is -2.19. The molecule has 7 atom stereocenters. The Kier molecular flexibility index (Phi) is 8.69. The minimum absolute atomic E-state index is 0.111. The van der Waals surface area contributed by atoms with Crippen LogP contribution >= 0.6 is 0 Å². The van der Waals surface area contributed by atoms with Crippen LogP contribution in [-0.2, 0) is 9.53 Å². The first-order valence-electron chi connectivity index (χ1n) is 8.99. The molecule has 1 fully saturated rings. The lowest BCUT2D eigenvalue weighted by atomic mass is 10.1. The van der Waals surface area contributed by atoms with E-state index in [-0.39, 0.29) is 11.2 Å². The van der Waals surface area contributed by atoms with Gasteiger partial charge in [-0.25, -0.2) is 9.97 Å². The van der Waals surface area contributed by atoms with Gasteiger partial charge in [-0.3, -0.25) is 14.2 Å². The number of fused-ring (bicyclic) bond motifs is 1. The molecular formula is C16H24N4O11. The van der Waals surface area contributed by atoms with Gasteiger partial charge in [0.1, 0.15) is 43.2 Å². The number of rotatable bonds is 7. The van der Waals surface area contributed by atoms with E-state index in [0.717, 1.165) is 0 Å². The Morgan fingerprint density at radius 1 is 1.16 bits per heavy atom. The molecule has 1 aliphatic heterocycles. The molecule has 0 saturated carbocycles. The smallest absolute Gasteiger partial charge is 0.278 e. The summed E-state index contributed by atoms with van der Waals surface area (Å²) in [5.41, 5.74) is -0.0608. The van der Waals surface area contributed by atoms with E-state index in [1.807, 2.05) is 0 Å². The Labute approximate surface area is 173 Å². The molecule has 0 aromatic carbocycles. The van der Waals surface area contributed by atoms with E-state index < -0.39 is 74.0 Å². The second kappa shape index (κ2) is 10.8. The number of aliphatic hydroxyl groups excluding tert-OH is 8. The number of aromatic amines is 1. The van der Waals surface area contributed by atoms with Crippen LogP contribution < -0.4 is 5.56 Å². The second-order valence-corrected chi connectivity index (χ2v) is 6.59. The Morgan fingerprint density at radius 2 is 1.84 bits per heavy atom. The molecular weight excluding hydrogens is 424 g/mol. The summed E-state index contributed by atoms with van der Waals surface area (Å²) in [5.74, 6) is -1.00. The number of hydrogen-bond donors (Lipinski definition) is 9. The van der Waals surface area contributed by atoms with E-state index in [9.17, 15) is 19.8 Å². The van der Waals surface area contributed by atoms with Crippen molar-refractivity contribution in [3.8, 4) is 0 Å². The zero-order valence-corrected chi connectivity index (χ0v) is 16.0. The highest BCUT2D eigenvalue weighted by Gasteiger charge is 2.44.